The quantitative estimate of drug-likeness (QED) is 0.0518. The van der Waals surface area contributed by atoms with Gasteiger partial charge in [0.1, 0.15) is 0 Å². The summed E-state index contributed by atoms with van der Waals surface area (Å²) in [5, 5.41) is 0. The first-order chi connectivity index (χ1) is 24.4. The molecule has 0 aromatic heterocycles. The Morgan fingerprint density at radius 3 is 1.00 bits per heavy atom. The third-order valence-electron chi connectivity index (χ3n) is 10.3. The van der Waals surface area contributed by atoms with Crippen LogP contribution in [0.25, 0.3) is 0 Å². The lowest BCUT2D eigenvalue weighted by atomic mass is 9.83. The van der Waals surface area contributed by atoms with Gasteiger partial charge in [0, 0.05) is 47.9 Å². The van der Waals surface area contributed by atoms with Crippen molar-refractivity contribution in [3.63, 3.8) is 0 Å². The summed E-state index contributed by atoms with van der Waals surface area (Å²) in [4.78, 5) is 55.8. The van der Waals surface area contributed by atoms with Crippen LogP contribution in [0.3, 0.4) is 0 Å². The fourth-order valence-electron chi connectivity index (χ4n) is 7.04. The number of Topliss-reactive ketones (excluding diaryl/α,β-unsaturated/α-hetero) is 4. The van der Waals surface area contributed by atoms with Crippen LogP contribution in [0, 0.1) is 6.07 Å². The Bertz CT molecular complexity index is 971. The predicted molar refractivity (Wildman–Crippen MR) is 213 cm³/mol. The molecule has 0 amide bonds. The van der Waals surface area contributed by atoms with Gasteiger partial charge in [-0.25, -0.2) is 0 Å². The fourth-order valence-corrected chi connectivity index (χ4v) is 7.04. The van der Waals surface area contributed by atoms with Gasteiger partial charge in [-0.3, -0.25) is 19.2 Å². The molecule has 0 heterocycles. The molecule has 0 fully saturated rings. The third-order valence-corrected chi connectivity index (χ3v) is 10.3. The van der Waals surface area contributed by atoms with E-state index in [4.69, 9.17) is 0 Å². The van der Waals surface area contributed by atoms with Crippen molar-refractivity contribution < 1.29 is 19.2 Å². The molecule has 1 radical (unpaired) electrons. The Hall–Kier alpha value is -2.10. The molecule has 0 N–H and O–H groups in total. The van der Waals surface area contributed by atoms with Gasteiger partial charge in [-0.2, -0.15) is 0 Å². The lowest BCUT2D eigenvalue weighted by Gasteiger charge is -2.17. The maximum atomic E-state index is 14.1. The van der Waals surface area contributed by atoms with Crippen molar-refractivity contribution in [1.82, 2.24) is 0 Å². The van der Waals surface area contributed by atoms with Crippen molar-refractivity contribution in [3.8, 4) is 0 Å². The minimum atomic E-state index is -0.161. The Morgan fingerprint density at radius 2 is 0.640 bits per heavy atom. The molecule has 285 valence electrons. The summed E-state index contributed by atoms with van der Waals surface area (Å²) in [7, 11) is 0. The maximum Gasteiger partial charge on any atom is 0.164 e. The van der Waals surface area contributed by atoms with Gasteiger partial charge >= 0.3 is 0 Å². The largest absolute Gasteiger partial charge is 0.294 e. The van der Waals surface area contributed by atoms with E-state index in [2.05, 4.69) is 33.8 Å². The number of unbranched alkanes of at least 4 members (excludes halogenated alkanes) is 24. The van der Waals surface area contributed by atoms with E-state index in [1.54, 1.807) is 6.07 Å². The zero-order chi connectivity index (χ0) is 36.7. The molecule has 1 aromatic rings. The van der Waals surface area contributed by atoms with Gasteiger partial charge in [-0.05, 0) is 37.8 Å². The summed E-state index contributed by atoms with van der Waals surface area (Å²) in [6.45, 7) is 8.85. The summed E-state index contributed by atoms with van der Waals surface area (Å²) < 4.78 is 0. The molecular formula is C46H77O4. The number of rotatable bonds is 36. The van der Waals surface area contributed by atoms with Crippen LogP contribution in [0.4, 0.5) is 0 Å². The van der Waals surface area contributed by atoms with E-state index in [0.717, 1.165) is 77.0 Å². The van der Waals surface area contributed by atoms with E-state index in [9.17, 15) is 19.2 Å². The van der Waals surface area contributed by atoms with Crippen molar-refractivity contribution in [3.05, 3.63) is 34.4 Å². The summed E-state index contributed by atoms with van der Waals surface area (Å²) in [6, 6.07) is 4.72. The first-order valence-corrected chi connectivity index (χ1v) is 21.6. The van der Waals surface area contributed by atoms with Gasteiger partial charge in [-0.1, -0.05) is 182 Å². The lowest BCUT2D eigenvalue weighted by Crippen LogP contribution is -2.20. The zero-order valence-electron chi connectivity index (χ0n) is 33.3. The van der Waals surface area contributed by atoms with E-state index in [1.807, 2.05) is 0 Å². The van der Waals surface area contributed by atoms with Crippen molar-refractivity contribution in [2.24, 2.45) is 0 Å². The van der Waals surface area contributed by atoms with Gasteiger partial charge in [0.15, 0.2) is 23.1 Å². The molecule has 4 nitrogen and oxygen atoms in total. The second kappa shape index (κ2) is 31.6. The third kappa shape index (κ3) is 20.7. The molecule has 0 atom stereocenters. The molecule has 1 aromatic carbocycles. The highest BCUT2D eigenvalue weighted by Crippen LogP contribution is 2.28. The monoisotopic (exact) mass is 694 g/mol. The van der Waals surface area contributed by atoms with Crippen LogP contribution in [0.15, 0.2) is 6.07 Å². The molecule has 4 heteroatoms. The molecule has 1 rings (SSSR count). The topological polar surface area (TPSA) is 68.3 Å². The first-order valence-electron chi connectivity index (χ1n) is 21.6. The van der Waals surface area contributed by atoms with Crippen molar-refractivity contribution in [1.29, 1.82) is 0 Å². The molecule has 0 spiro atoms. The van der Waals surface area contributed by atoms with E-state index in [0.29, 0.717) is 31.2 Å². The highest BCUT2D eigenvalue weighted by Gasteiger charge is 2.29. The van der Waals surface area contributed by atoms with Gasteiger partial charge in [-0.15, -0.1) is 0 Å². The van der Waals surface area contributed by atoms with Crippen LogP contribution in [0.5, 0.6) is 0 Å². The molecule has 0 saturated heterocycles. The minimum absolute atomic E-state index is 0.0891. The Labute approximate surface area is 309 Å². The summed E-state index contributed by atoms with van der Waals surface area (Å²) in [6.07, 6.45) is 32.0. The molecule has 0 saturated carbocycles. The number of ketones is 4. The van der Waals surface area contributed by atoms with E-state index in [1.165, 1.54) is 103 Å². The summed E-state index contributed by atoms with van der Waals surface area (Å²) in [5.41, 5.74) is 1.01. The van der Waals surface area contributed by atoms with Gasteiger partial charge < -0.3 is 0 Å². The van der Waals surface area contributed by atoms with E-state index >= 15 is 0 Å². The van der Waals surface area contributed by atoms with Crippen molar-refractivity contribution >= 4 is 23.1 Å². The normalized spacial score (nSPS) is 11.3. The van der Waals surface area contributed by atoms with Crippen LogP contribution in [-0.2, 0) is 0 Å². The number of hydrogen-bond donors (Lipinski definition) is 0. The number of hydrogen-bond acceptors (Lipinski definition) is 4. The minimum Gasteiger partial charge on any atom is -0.294 e. The first kappa shape index (κ1) is 45.9. The van der Waals surface area contributed by atoms with E-state index in [-0.39, 0.29) is 39.8 Å². The van der Waals surface area contributed by atoms with Crippen LogP contribution in [0.1, 0.15) is 275 Å². The highest BCUT2D eigenvalue weighted by atomic mass is 16.1. The molecule has 0 bridgehead atoms. The second-order valence-corrected chi connectivity index (χ2v) is 15.0. The average molecular weight is 694 g/mol. The van der Waals surface area contributed by atoms with Crippen LogP contribution in [-0.4, -0.2) is 23.1 Å². The Balaban J connectivity index is 3.27. The molecule has 0 aliphatic rings. The molecule has 0 unspecified atom stereocenters. The number of carbonyl (C=O) groups is 4. The van der Waals surface area contributed by atoms with Crippen LogP contribution < -0.4 is 0 Å². The van der Waals surface area contributed by atoms with Crippen LogP contribution >= 0.6 is 0 Å². The van der Waals surface area contributed by atoms with E-state index < -0.39 is 0 Å². The zero-order valence-corrected chi connectivity index (χ0v) is 33.3. The summed E-state index contributed by atoms with van der Waals surface area (Å²) >= 11 is 0. The number of carbonyl (C=O) groups excluding carboxylic acids is 4. The predicted octanol–water partition coefficient (Wildman–Crippen LogP) is 14.8. The molecular weight excluding hydrogens is 617 g/mol. The SMILES string of the molecule is CCCCCCCCCC(=O)c1[c]cc(C(=O)CCCCCCCCC)c(C(=O)CCCCCCCCC)c1C(=O)CCCCCCCCC. The lowest BCUT2D eigenvalue weighted by molar-refractivity contribution is 0.0922. The number of benzene rings is 1. The molecule has 0 aliphatic heterocycles. The molecule has 50 heavy (non-hydrogen) atoms. The highest BCUT2D eigenvalue weighted by molar-refractivity contribution is 6.19. The van der Waals surface area contributed by atoms with Crippen molar-refractivity contribution in [2.75, 3.05) is 0 Å². The van der Waals surface area contributed by atoms with Gasteiger partial charge in [0.05, 0.1) is 0 Å². The second-order valence-electron chi connectivity index (χ2n) is 15.0. The molecule has 0 aliphatic carbocycles. The Morgan fingerprint density at radius 1 is 0.360 bits per heavy atom. The standard InChI is InChI=1S/C46H77O4/c1-5-9-13-17-21-25-29-33-41(47)39-37-38-40(42(48)34-30-26-22-18-14-10-6-2)46(44(50)36-32-28-24-20-16-12-8-4)45(39)43(49)35-31-27-23-19-15-11-7-3/h37H,5-36H2,1-4H3. The van der Waals surface area contributed by atoms with Crippen LogP contribution in [0.2, 0.25) is 0 Å². The van der Waals surface area contributed by atoms with Gasteiger partial charge in [0.2, 0.25) is 0 Å². The van der Waals surface area contributed by atoms with Crippen molar-refractivity contribution in [2.45, 2.75) is 233 Å². The van der Waals surface area contributed by atoms with Gasteiger partial charge in [0.25, 0.3) is 0 Å². The summed E-state index contributed by atoms with van der Waals surface area (Å²) in [5.74, 6) is -0.513. The Kier molecular flexibility index (Phi) is 29.0. The smallest absolute Gasteiger partial charge is 0.164 e. The maximum absolute atomic E-state index is 14.1. The average Bonchev–Trinajstić information content (AvgIpc) is 3.12. The fraction of sp³-hybridized carbons (Fsp3) is 0.783.